The number of amides is 2. The Hall–Kier alpha value is -1.07. The number of imide groups is 1. The van der Waals surface area contributed by atoms with Crippen LogP contribution in [0.3, 0.4) is 0 Å². The quantitative estimate of drug-likeness (QED) is 0.574. The summed E-state index contributed by atoms with van der Waals surface area (Å²) in [5.41, 5.74) is 1.14. The maximum Gasteiger partial charge on any atom is 0.294 e. The Morgan fingerprint density at radius 2 is 1.75 bits per heavy atom. The lowest BCUT2D eigenvalue weighted by molar-refractivity contribution is 0.0747. The van der Waals surface area contributed by atoms with Crippen molar-refractivity contribution in [1.82, 2.24) is 4.67 Å². The fraction of sp³-hybridized carbons (Fsp3) is 0.111. The molecule has 2 rings (SSSR count). The molecule has 0 bridgehead atoms. The Kier molecular flexibility index (Phi) is 2.47. The van der Waals surface area contributed by atoms with Crippen LogP contribution in [0.15, 0.2) is 18.2 Å². The summed E-state index contributed by atoms with van der Waals surface area (Å²) in [6.45, 7) is -2.28. The van der Waals surface area contributed by atoms with Crippen LogP contribution in [-0.2, 0) is 11.8 Å². The highest BCUT2D eigenvalue weighted by atomic mass is 32.5. The van der Waals surface area contributed by atoms with E-state index in [2.05, 4.69) is 11.8 Å². The van der Waals surface area contributed by atoms with Gasteiger partial charge in [0, 0.05) is 0 Å². The molecule has 0 unspecified atom stereocenters. The van der Waals surface area contributed by atoms with E-state index in [4.69, 9.17) is 0 Å². The van der Waals surface area contributed by atoms with Crippen LogP contribution in [0.5, 0.6) is 0 Å². The van der Waals surface area contributed by atoms with Crippen molar-refractivity contribution in [1.29, 1.82) is 0 Å². The van der Waals surface area contributed by atoms with Gasteiger partial charge >= 0.3 is 0 Å². The molecular formula is C9H8NO4PS. The molecule has 1 aromatic carbocycles. The van der Waals surface area contributed by atoms with Crippen molar-refractivity contribution >= 4 is 30.3 Å². The van der Waals surface area contributed by atoms with Gasteiger partial charge in [-0.3, -0.25) is 9.59 Å². The number of carbonyl (C=O) groups excluding carboxylic acids is 2. The van der Waals surface area contributed by atoms with Crippen molar-refractivity contribution in [2.45, 2.75) is 6.92 Å². The lowest BCUT2D eigenvalue weighted by Gasteiger charge is -2.17. The molecule has 0 radical (unpaired) electrons. The molecule has 0 spiro atoms. The van der Waals surface area contributed by atoms with Crippen LogP contribution < -0.4 is 0 Å². The SMILES string of the molecule is Cc1ccc2c(c1)C(=O)N(P(O)(O)=S)C2=O. The number of carbonyl (C=O) groups is 2. The molecule has 7 heteroatoms. The molecule has 0 aliphatic carbocycles. The summed E-state index contributed by atoms with van der Waals surface area (Å²) in [5, 5.41) is 0. The maximum atomic E-state index is 11.8. The standard InChI is InChI=1S/C9H8NO4PS/c1-5-2-3-6-7(4-5)9(12)10(8(6)11)15(13,14)16/h2-4H,1H3,(H2,13,14,16). The Balaban J connectivity index is 2.62. The predicted molar refractivity (Wildman–Crippen MR) is 60.4 cm³/mol. The second kappa shape index (κ2) is 3.46. The van der Waals surface area contributed by atoms with Crippen molar-refractivity contribution in [3.63, 3.8) is 0 Å². The van der Waals surface area contributed by atoms with Crippen LogP contribution in [0, 0.1) is 6.92 Å². The molecule has 0 fully saturated rings. The third-order valence-corrected chi connectivity index (χ3v) is 3.66. The number of aryl methyl sites for hydroxylation is 1. The summed E-state index contributed by atoms with van der Waals surface area (Å²) < 4.78 is 0.367. The summed E-state index contributed by atoms with van der Waals surface area (Å²) in [6, 6.07) is 4.68. The summed E-state index contributed by atoms with van der Waals surface area (Å²) in [5.74, 6) is -1.48. The molecule has 0 aromatic heterocycles. The molecule has 1 aliphatic rings. The number of hydrogen-bond acceptors (Lipinski definition) is 3. The largest absolute Gasteiger partial charge is 0.329 e. The van der Waals surface area contributed by atoms with Crippen molar-refractivity contribution in [3.8, 4) is 0 Å². The van der Waals surface area contributed by atoms with Gasteiger partial charge in [-0.25, -0.2) is 4.67 Å². The van der Waals surface area contributed by atoms with Crippen molar-refractivity contribution in [2.24, 2.45) is 0 Å². The summed E-state index contributed by atoms with van der Waals surface area (Å²) in [4.78, 5) is 42.0. The first-order valence-corrected chi connectivity index (χ1v) is 7.04. The van der Waals surface area contributed by atoms with Crippen molar-refractivity contribution in [3.05, 3.63) is 34.9 Å². The molecule has 84 valence electrons. The zero-order valence-electron chi connectivity index (χ0n) is 8.25. The van der Waals surface area contributed by atoms with Crippen LogP contribution in [-0.4, -0.2) is 26.3 Å². The summed E-state index contributed by atoms with van der Waals surface area (Å²) in [6.07, 6.45) is 0. The van der Waals surface area contributed by atoms with Gasteiger partial charge in [0.1, 0.15) is 0 Å². The van der Waals surface area contributed by atoms with Gasteiger partial charge in [0.25, 0.3) is 18.5 Å². The summed E-state index contributed by atoms with van der Waals surface area (Å²) >= 11 is 4.39. The second-order valence-corrected chi connectivity index (χ2v) is 6.38. The van der Waals surface area contributed by atoms with E-state index in [0.717, 1.165) is 5.56 Å². The smallest absolute Gasteiger partial charge is 0.294 e. The van der Waals surface area contributed by atoms with E-state index in [9.17, 15) is 19.4 Å². The first-order valence-electron chi connectivity index (χ1n) is 4.38. The summed E-state index contributed by atoms with van der Waals surface area (Å²) in [7, 11) is 0. The van der Waals surface area contributed by atoms with E-state index in [1.807, 2.05) is 0 Å². The number of hydrogen-bond donors (Lipinski definition) is 2. The molecule has 2 amide bonds. The minimum atomic E-state index is -4.06. The lowest BCUT2D eigenvalue weighted by atomic mass is 10.1. The Bertz CT molecular complexity index is 550. The fourth-order valence-electron chi connectivity index (χ4n) is 1.58. The first-order chi connectivity index (χ1) is 7.32. The first kappa shape index (κ1) is 11.4. The van der Waals surface area contributed by atoms with Crippen molar-refractivity contribution in [2.75, 3.05) is 0 Å². The van der Waals surface area contributed by atoms with E-state index in [1.165, 1.54) is 12.1 Å². The molecule has 0 saturated carbocycles. The van der Waals surface area contributed by atoms with E-state index in [-0.39, 0.29) is 11.1 Å². The van der Waals surface area contributed by atoms with Crippen LogP contribution in [0.2, 0.25) is 0 Å². The van der Waals surface area contributed by atoms with Gasteiger partial charge in [0.15, 0.2) is 0 Å². The van der Waals surface area contributed by atoms with Crippen LogP contribution in [0.25, 0.3) is 0 Å². The number of rotatable bonds is 1. The lowest BCUT2D eigenvalue weighted by Crippen LogP contribution is -2.26. The van der Waals surface area contributed by atoms with Gasteiger partial charge in [0.2, 0.25) is 0 Å². The van der Waals surface area contributed by atoms with Gasteiger partial charge < -0.3 is 9.79 Å². The van der Waals surface area contributed by atoms with Crippen LogP contribution in [0.4, 0.5) is 0 Å². The van der Waals surface area contributed by atoms with E-state index >= 15 is 0 Å². The van der Waals surface area contributed by atoms with Gasteiger partial charge in [-0.15, -0.1) is 0 Å². The molecular weight excluding hydrogens is 249 g/mol. The highest BCUT2D eigenvalue weighted by molar-refractivity contribution is 8.08. The average Bonchev–Trinajstić information content (AvgIpc) is 2.38. The molecule has 16 heavy (non-hydrogen) atoms. The Labute approximate surface area is 96.5 Å². The zero-order valence-corrected chi connectivity index (χ0v) is 9.96. The van der Waals surface area contributed by atoms with E-state index in [1.54, 1.807) is 13.0 Å². The molecule has 2 N–H and O–H groups in total. The molecule has 1 aliphatic heterocycles. The molecule has 0 saturated heterocycles. The predicted octanol–water partition coefficient (Wildman–Crippen LogP) is 0.800. The fourth-order valence-corrected chi connectivity index (χ4v) is 2.71. The number of benzene rings is 1. The Morgan fingerprint density at radius 3 is 2.31 bits per heavy atom. The topological polar surface area (TPSA) is 77.8 Å². The normalized spacial score (nSPS) is 15.6. The van der Waals surface area contributed by atoms with Gasteiger partial charge in [-0.05, 0) is 30.9 Å². The van der Waals surface area contributed by atoms with Gasteiger partial charge in [-0.2, -0.15) is 0 Å². The average molecular weight is 257 g/mol. The van der Waals surface area contributed by atoms with E-state index in [0.29, 0.717) is 4.67 Å². The minimum Gasteiger partial charge on any atom is -0.329 e. The van der Waals surface area contributed by atoms with Gasteiger partial charge in [-0.1, -0.05) is 11.6 Å². The third kappa shape index (κ3) is 1.60. The molecule has 1 aromatic rings. The maximum absolute atomic E-state index is 11.8. The van der Waals surface area contributed by atoms with E-state index < -0.39 is 18.5 Å². The minimum absolute atomic E-state index is 0.160. The monoisotopic (exact) mass is 257 g/mol. The highest BCUT2D eigenvalue weighted by Gasteiger charge is 2.42. The van der Waals surface area contributed by atoms with Gasteiger partial charge in [0.05, 0.1) is 11.1 Å². The third-order valence-electron chi connectivity index (χ3n) is 2.28. The second-order valence-electron chi connectivity index (χ2n) is 3.48. The molecule has 5 nitrogen and oxygen atoms in total. The van der Waals surface area contributed by atoms with Crippen LogP contribution >= 0.6 is 6.64 Å². The number of nitrogens with zero attached hydrogens (tertiary/aromatic N) is 1. The van der Waals surface area contributed by atoms with Crippen molar-refractivity contribution < 1.29 is 19.4 Å². The zero-order chi connectivity index (χ0) is 12.1. The van der Waals surface area contributed by atoms with Crippen LogP contribution in [0.1, 0.15) is 26.3 Å². The molecule has 1 heterocycles. The number of fused-ring (bicyclic) bond motifs is 1. The Morgan fingerprint density at radius 1 is 1.19 bits per heavy atom. The molecule has 0 atom stereocenters. The highest BCUT2D eigenvalue weighted by Crippen LogP contribution is 2.46.